The summed E-state index contributed by atoms with van der Waals surface area (Å²) in [5, 5.41) is 11.0. The van der Waals surface area contributed by atoms with E-state index in [-0.39, 0.29) is 18.7 Å². The summed E-state index contributed by atoms with van der Waals surface area (Å²) in [7, 11) is 0. The summed E-state index contributed by atoms with van der Waals surface area (Å²) >= 11 is 0. The number of amides is 1. The maximum Gasteiger partial charge on any atom is 0.303 e. The van der Waals surface area contributed by atoms with Crippen LogP contribution in [-0.2, 0) is 16.1 Å². The van der Waals surface area contributed by atoms with Gasteiger partial charge in [-0.15, -0.1) is 0 Å². The summed E-state index contributed by atoms with van der Waals surface area (Å²) in [5.74, 6) is -1.26. The van der Waals surface area contributed by atoms with Gasteiger partial charge in [0.1, 0.15) is 0 Å². The van der Waals surface area contributed by atoms with Crippen LogP contribution in [0.1, 0.15) is 18.4 Å². The number of nitrogens with two attached hydrogens (primary N) is 1. The second kappa shape index (κ2) is 5.75. The zero-order valence-electron chi connectivity index (χ0n) is 8.77. The molecule has 0 aliphatic heterocycles. The fourth-order valence-electron chi connectivity index (χ4n) is 1.20. The van der Waals surface area contributed by atoms with E-state index in [4.69, 9.17) is 10.8 Å². The van der Waals surface area contributed by atoms with Crippen molar-refractivity contribution in [3.8, 4) is 0 Å². The van der Waals surface area contributed by atoms with Gasteiger partial charge in [-0.3, -0.25) is 9.59 Å². The summed E-state index contributed by atoms with van der Waals surface area (Å²) in [6, 6.07) is 7.20. The maximum atomic E-state index is 11.2. The molecule has 5 nitrogen and oxygen atoms in total. The van der Waals surface area contributed by atoms with Crippen molar-refractivity contribution in [2.24, 2.45) is 0 Å². The fourth-order valence-corrected chi connectivity index (χ4v) is 1.20. The minimum atomic E-state index is -0.977. The Balaban J connectivity index is 2.37. The minimum absolute atomic E-state index is 0.0118. The first-order valence-electron chi connectivity index (χ1n) is 4.91. The van der Waals surface area contributed by atoms with Crippen LogP contribution in [0.5, 0.6) is 0 Å². The summed E-state index contributed by atoms with van der Waals surface area (Å²) in [5.41, 5.74) is 7.12. The van der Waals surface area contributed by atoms with Crippen molar-refractivity contribution < 1.29 is 14.7 Å². The fraction of sp³-hybridized carbons (Fsp3) is 0.273. The van der Waals surface area contributed by atoms with Gasteiger partial charge in [-0.05, 0) is 11.6 Å². The number of nitrogen functional groups attached to an aromatic ring is 1. The van der Waals surface area contributed by atoms with E-state index < -0.39 is 5.97 Å². The molecule has 0 radical (unpaired) electrons. The van der Waals surface area contributed by atoms with E-state index >= 15 is 0 Å². The van der Waals surface area contributed by atoms with E-state index in [2.05, 4.69) is 5.32 Å². The lowest BCUT2D eigenvalue weighted by molar-refractivity contribution is -0.138. The zero-order valence-corrected chi connectivity index (χ0v) is 8.77. The molecule has 0 saturated heterocycles. The van der Waals surface area contributed by atoms with E-state index in [1.807, 2.05) is 18.2 Å². The summed E-state index contributed by atoms with van der Waals surface area (Å²) in [6.45, 7) is 0.325. The van der Waals surface area contributed by atoms with E-state index in [0.717, 1.165) is 5.56 Å². The van der Waals surface area contributed by atoms with Crippen molar-refractivity contribution in [2.75, 3.05) is 5.73 Å². The van der Waals surface area contributed by atoms with Crippen LogP contribution in [-0.4, -0.2) is 17.0 Å². The molecular formula is C11H14N2O3. The molecular weight excluding hydrogens is 208 g/mol. The number of hydrogen-bond donors (Lipinski definition) is 3. The molecule has 86 valence electrons. The number of carboxylic acids is 1. The van der Waals surface area contributed by atoms with Crippen molar-refractivity contribution in [3.05, 3.63) is 29.8 Å². The number of carbonyl (C=O) groups excluding carboxylic acids is 1. The molecule has 4 N–H and O–H groups in total. The molecule has 0 aliphatic rings. The summed E-state index contributed by atoms with van der Waals surface area (Å²) in [4.78, 5) is 21.4. The first-order chi connectivity index (χ1) is 7.59. The normalized spacial score (nSPS) is 9.75. The molecule has 0 fully saturated rings. The topological polar surface area (TPSA) is 92.4 Å². The van der Waals surface area contributed by atoms with Gasteiger partial charge in [-0.1, -0.05) is 18.2 Å². The molecule has 0 atom stereocenters. The van der Waals surface area contributed by atoms with Crippen LogP contribution >= 0.6 is 0 Å². The van der Waals surface area contributed by atoms with Crippen LogP contribution < -0.4 is 11.1 Å². The molecule has 0 spiro atoms. The molecule has 5 heteroatoms. The van der Waals surface area contributed by atoms with E-state index in [0.29, 0.717) is 12.2 Å². The predicted molar refractivity (Wildman–Crippen MR) is 59.6 cm³/mol. The number of nitrogens with one attached hydrogen (secondary N) is 1. The van der Waals surface area contributed by atoms with Crippen molar-refractivity contribution in [2.45, 2.75) is 19.4 Å². The maximum absolute atomic E-state index is 11.2. The van der Waals surface area contributed by atoms with Gasteiger partial charge in [0.2, 0.25) is 5.91 Å². The lowest BCUT2D eigenvalue weighted by Gasteiger charge is -2.06. The van der Waals surface area contributed by atoms with Crippen LogP contribution in [0.3, 0.4) is 0 Å². The van der Waals surface area contributed by atoms with Gasteiger partial charge >= 0.3 is 5.97 Å². The number of para-hydroxylation sites is 1. The first kappa shape index (κ1) is 12.0. The van der Waals surface area contributed by atoms with Crippen LogP contribution in [0.2, 0.25) is 0 Å². The molecule has 0 saturated carbocycles. The third kappa shape index (κ3) is 4.00. The SMILES string of the molecule is Nc1ccccc1CNC(=O)CCC(=O)O. The Morgan fingerprint density at radius 2 is 1.94 bits per heavy atom. The third-order valence-electron chi connectivity index (χ3n) is 2.10. The average Bonchev–Trinajstić information content (AvgIpc) is 2.25. The van der Waals surface area contributed by atoms with Gasteiger partial charge in [0.05, 0.1) is 6.42 Å². The van der Waals surface area contributed by atoms with Gasteiger partial charge in [-0.25, -0.2) is 0 Å². The molecule has 16 heavy (non-hydrogen) atoms. The van der Waals surface area contributed by atoms with E-state index in [1.165, 1.54) is 0 Å². The zero-order chi connectivity index (χ0) is 12.0. The third-order valence-corrected chi connectivity index (χ3v) is 2.10. The molecule has 1 aromatic rings. The van der Waals surface area contributed by atoms with Crippen molar-refractivity contribution >= 4 is 17.6 Å². The Morgan fingerprint density at radius 3 is 2.56 bits per heavy atom. The number of benzene rings is 1. The van der Waals surface area contributed by atoms with Crippen molar-refractivity contribution in [3.63, 3.8) is 0 Å². The lowest BCUT2D eigenvalue weighted by atomic mass is 10.2. The smallest absolute Gasteiger partial charge is 0.303 e. The number of anilines is 1. The number of carboxylic acid groups (broad SMARTS) is 1. The molecule has 1 aromatic carbocycles. The second-order valence-electron chi connectivity index (χ2n) is 3.37. The lowest BCUT2D eigenvalue weighted by Crippen LogP contribution is -2.23. The minimum Gasteiger partial charge on any atom is -0.481 e. The molecule has 0 aromatic heterocycles. The van der Waals surface area contributed by atoms with Crippen LogP contribution in [0.15, 0.2) is 24.3 Å². The van der Waals surface area contributed by atoms with Crippen molar-refractivity contribution in [1.82, 2.24) is 5.32 Å². The highest BCUT2D eigenvalue weighted by Crippen LogP contribution is 2.09. The summed E-state index contributed by atoms with van der Waals surface area (Å²) in [6.07, 6.45) is -0.168. The molecule has 0 bridgehead atoms. The van der Waals surface area contributed by atoms with Crippen molar-refractivity contribution in [1.29, 1.82) is 0 Å². The van der Waals surface area contributed by atoms with Gasteiger partial charge in [0, 0.05) is 18.7 Å². The standard InChI is InChI=1S/C11H14N2O3/c12-9-4-2-1-3-8(9)7-13-10(14)5-6-11(15)16/h1-4H,5-7,12H2,(H,13,14)(H,15,16). The van der Waals surface area contributed by atoms with Gasteiger partial charge < -0.3 is 16.2 Å². The van der Waals surface area contributed by atoms with Gasteiger partial charge in [0.15, 0.2) is 0 Å². The Bertz CT molecular complexity index is 391. The van der Waals surface area contributed by atoms with Crippen LogP contribution in [0, 0.1) is 0 Å². The van der Waals surface area contributed by atoms with Crippen LogP contribution in [0.25, 0.3) is 0 Å². The highest BCUT2D eigenvalue weighted by molar-refractivity contribution is 5.80. The van der Waals surface area contributed by atoms with E-state index in [1.54, 1.807) is 6.07 Å². The second-order valence-corrected chi connectivity index (χ2v) is 3.37. The number of rotatable bonds is 5. The quantitative estimate of drug-likeness (QED) is 0.641. The van der Waals surface area contributed by atoms with Gasteiger partial charge in [-0.2, -0.15) is 0 Å². The molecule has 0 unspecified atom stereocenters. The molecule has 1 amide bonds. The van der Waals surface area contributed by atoms with Crippen LogP contribution in [0.4, 0.5) is 5.69 Å². The summed E-state index contributed by atoms with van der Waals surface area (Å²) < 4.78 is 0. The Kier molecular flexibility index (Phi) is 4.32. The number of aliphatic carboxylic acids is 1. The number of hydrogen-bond acceptors (Lipinski definition) is 3. The number of carbonyl (C=O) groups is 2. The Hall–Kier alpha value is -2.04. The largest absolute Gasteiger partial charge is 0.481 e. The predicted octanol–water partition coefficient (Wildman–Crippen LogP) is 0.750. The highest BCUT2D eigenvalue weighted by Gasteiger charge is 2.05. The average molecular weight is 222 g/mol. The Labute approximate surface area is 93.3 Å². The highest BCUT2D eigenvalue weighted by atomic mass is 16.4. The van der Waals surface area contributed by atoms with E-state index in [9.17, 15) is 9.59 Å². The van der Waals surface area contributed by atoms with Gasteiger partial charge in [0.25, 0.3) is 0 Å². The molecule has 1 rings (SSSR count). The molecule has 0 heterocycles. The Morgan fingerprint density at radius 1 is 1.25 bits per heavy atom. The first-order valence-corrected chi connectivity index (χ1v) is 4.91. The molecule has 0 aliphatic carbocycles. The monoisotopic (exact) mass is 222 g/mol.